The van der Waals surface area contributed by atoms with Crippen LogP contribution >= 0.6 is 0 Å². The highest BCUT2D eigenvalue weighted by molar-refractivity contribution is 5.92. The van der Waals surface area contributed by atoms with E-state index >= 15 is 0 Å². The van der Waals surface area contributed by atoms with E-state index < -0.39 is 0 Å². The van der Waals surface area contributed by atoms with E-state index in [0.29, 0.717) is 23.7 Å². The van der Waals surface area contributed by atoms with Crippen LogP contribution in [0.25, 0.3) is 11.0 Å². The average molecular weight is 431 g/mol. The predicted octanol–water partition coefficient (Wildman–Crippen LogP) is 2.02. The average Bonchev–Trinajstić information content (AvgIpc) is 3.72. The molecule has 1 amide bonds. The number of amides is 1. The summed E-state index contributed by atoms with van der Waals surface area (Å²) in [6.07, 6.45) is 7.09. The second-order valence-electron chi connectivity index (χ2n) is 9.12. The molecule has 2 saturated carbocycles. The quantitative estimate of drug-likeness (QED) is 0.643. The highest BCUT2D eigenvalue weighted by atomic mass is 16.1. The minimum absolute atomic E-state index is 0.0332. The number of anilines is 1. The number of nitrogens with zero attached hydrogens (tertiary/aromatic N) is 4. The number of fused-ring (bicyclic) bond motifs is 2. The van der Waals surface area contributed by atoms with Crippen LogP contribution in [-0.4, -0.2) is 58.0 Å². The standard InChI is InChI=1S/C24H26N6O2/c1-25-24(32)18-5-4-16(12-27-18)30-7-6-29(21-10-22(21)30)13-14-8-20-19(26-11-14)9-17(15-2-3-15)23(31)28-20/h4-5,8-9,11-12,15,21-22H,2-3,6-7,10,13H2,1H3,(H,25,32)(H,28,31). The number of carbonyl (C=O) groups is 1. The van der Waals surface area contributed by atoms with Gasteiger partial charge in [-0.1, -0.05) is 0 Å². The van der Waals surface area contributed by atoms with Crippen molar-refractivity contribution < 1.29 is 4.79 Å². The molecular formula is C24H26N6O2. The molecule has 32 heavy (non-hydrogen) atoms. The lowest BCUT2D eigenvalue weighted by molar-refractivity contribution is 0.0958. The van der Waals surface area contributed by atoms with Gasteiger partial charge in [0.25, 0.3) is 11.5 Å². The minimum atomic E-state index is -0.167. The van der Waals surface area contributed by atoms with E-state index in [4.69, 9.17) is 0 Å². The highest BCUT2D eigenvalue weighted by Crippen LogP contribution is 2.40. The van der Waals surface area contributed by atoms with Gasteiger partial charge >= 0.3 is 0 Å². The van der Waals surface area contributed by atoms with Crippen LogP contribution in [0.1, 0.15) is 46.8 Å². The van der Waals surface area contributed by atoms with Crippen LogP contribution in [0.3, 0.4) is 0 Å². The molecule has 6 rings (SSSR count). The number of hydrogen-bond acceptors (Lipinski definition) is 6. The van der Waals surface area contributed by atoms with Gasteiger partial charge in [-0.2, -0.15) is 0 Å². The third-order valence-corrected chi connectivity index (χ3v) is 6.94. The molecule has 4 heterocycles. The van der Waals surface area contributed by atoms with Crippen molar-refractivity contribution >= 4 is 22.6 Å². The first kappa shape index (κ1) is 19.4. The van der Waals surface area contributed by atoms with E-state index in [9.17, 15) is 9.59 Å². The number of carbonyl (C=O) groups excluding carboxylic acids is 1. The van der Waals surface area contributed by atoms with Crippen LogP contribution in [0, 0.1) is 0 Å². The van der Waals surface area contributed by atoms with Crippen LogP contribution in [0.4, 0.5) is 5.69 Å². The number of H-pyrrole nitrogens is 1. The fraction of sp³-hybridized carbons (Fsp3) is 0.417. The molecule has 3 aliphatic rings. The number of aromatic nitrogens is 3. The van der Waals surface area contributed by atoms with Gasteiger partial charge in [0.05, 0.1) is 22.9 Å². The van der Waals surface area contributed by atoms with Crippen molar-refractivity contribution in [2.45, 2.75) is 43.8 Å². The molecule has 0 radical (unpaired) electrons. The lowest BCUT2D eigenvalue weighted by atomic mass is 10.1. The van der Waals surface area contributed by atoms with Crippen molar-refractivity contribution in [3.63, 3.8) is 0 Å². The van der Waals surface area contributed by atoms with Crippen molar-refractivity contribution in [1.29, 1.82) is 0 Å². The van der Waals surface area contributed by atoms with E-state index in [1.54, 1.807) is 19.3 Å². The SMILES string of the molecule is CNC(=O)c1ccc(N2CCN(Cc3cnc4cc(C5CC5)c(=O)[nH]c4c3)C3CC32)cn1. The van der Waals surface area contributed by atoms with Gasteiger partial charge in [0, 0.05) is 50.5 Å². The molecule has 2 atom stereocenters. The van der Waals surface area contributed by atoms with Gasteiger partial charge < -0.3 is 15.2 Å². The Kier molecular flexibility index (Phi) is 4.50. The van der Waals surface area contributed by atoms with Crippen molar-refractivity contribution in [3.8, 4) is 0 Å². The molecule has 1 aliphatic heterocycles. The van der Waals surface area contributed by atoms with Crippen molar-refractivity contribution in [2.75, 3.05) is 25.0 Å². The Labute approximate surface area is 185 Å². The van der Waals surface area contributed by atoms with Crippen LogP contribution in [0.2, 0.25) is 0 Å². The molecule has 1 saturated heterocycles. The fourth-order valence-electron chi connectivity index (χ4n) is 4.96. The van der Waals surface area contributed by atoms with Crippen LogP contribution in [-0.2, 0) is 6.54 Å². The van der Waals surface area contributed by atoms with Gasteiger partial charge in [0.2, 0.25) is 0 Å². The Morgan fingerprint density at radius 3 is 2.78 bits per heavy atom. The van der Waals surface area contributed by atoms with E-state index in [-0.39, 0.29) is 11.5 Å². The normalized spacial score (nSPS) is 22.6. The first-order valence-electron chi connectivity index (χ1n) is 11.3. The summed E-state index contributed by atoms with van der Waals surface area (Å²) < 4.78 is 0. The maximum absolute atomic E-state index is 12.4. The molecule has 2 unspecified atom stereocenters. The molecule has 2 aliphatic carbocycles. The minimum Gasteiger partial charge on any atom is -0.364 e. The lowest BCUT2D eigenvalue weighted by Crippen LogP contribution is -2.46. The fourth-order valence-corrected chi connectivity index (χ4v) is 4.96. The lowest BCUT2D eigenvalue weighted by Gasteiger charge is -2.35. The van der Waals surface area contributed by atoms with E-state index in [0.717, 1.165) is 66.7 Å². The van der Waals surface area contributed by atoms with Gasteiger partial charge in [0.15, 0.2) is 0 Å². The molecule has 3 fully saturated rings. The second kappa shape index (κ2) is 7.41. The van der Waals surface area contributed by atoms with Gasteiger partial charge in [-0.25, -0.2) is 4.98 Å². The summed E-state index contributed by atoms with van der Waals surface area (Å²) in [4.78, 5) is 41.0. The predicted molar refractivity (Wildman–Crippen MR) is 122 cm³/mol. The molecule has 3 aromatic rings. The number of piperazine rings is 1. The third-order valence-electron chi connectivity index (χ3n) is 6.94. The molecule has 2 N–H and O–H groups in total. The molecule has 3 aromatic heterocycles. The van der Waals surface area contributed by atoms with E-state index in [1.807, 2.05) is 18.3 Å². The molecule has 8 heteroatoms. The monoisotopic (exact) mass is 430 g/mol. The zero-order valence-electron chi connectivity index (χ0n) is 18.0. The summed E-state index contributed by atoms with van der Waals surface area (Å²) in [5, 5.41) is 2.60. The summed E-state index contributed by atoms with van der Waals surface area (Å²) in [5.74, 6) is 0.252. The maximum atomic E-state index is 12.4. The summed E-state index contributed by atoms with van der Waals surface area (Å²) >= 11 is 0. The van der Waals surface area contributed by atoms with Gasteiger partial charge in [-0.3, -0.25) is 19.5 Å². The van der Waals surface area contributed by atoms with Crippen molar-refractivity contribution in [2.24, 2.45) is 0 Å². The number of rotatable bonds is 5. The maximum Gasteiger partial charge on any atom is 0.269 e. The number of hydrogen-bond donors (Lipinski definition) is 2. The molecule has 0 bridgehead atoms. The molecular weight excluding hydrogens is 404 g/mol. The molecule has 0 aromatic carbocycles. The summed E-state index contributed by atoms with van der Waals surface area (Å²) in [7, 11) is 1.61. The highest BCUT2D eigenvalue weighted by Gasteiger charge is 2.48. The Hall–Kier alpha value is -3.26. The Morgan fingerprint density at radius 2 is 2.03 bits per heavy atom. The zero-order chi connectivity index (χ0) is 21.8. The van der Waals surface area contributed by atoms with Crippen LogP contribution in [0.15, 0.2) is 41.5 Å². The smallest absolute Gasteiger partial charge is 0.269 e. The number of aromatic amines is 1. The third kappa shape index (κ3) is 3.44. The van der Waals surface area contributed by atoms with Crippen LogP contribution in [0.5, 0.6) is 0 Å². The van der Waals surface area contributed by atoms with E-state index in [1.165, 1.54) is 0 Å². The van der Waals surface area contributed by atoms with Gasteiger partial charge in [-0.15, -0.1) is 0 Å². The molecule has 8 nitrogen and oxygen atoms in total. The van der Waals surface area contributed by atoms with E-state index in [2.05, 4.69) is 36.1 Å². The van der Waals surface area contributed by atoms with Crippen molar-refractivity contribution in [3.05, 3.63) is 63.8 Å². The Morgan fingerprint density at radius 1 is 1.16 bits per heavy atom. The van der Waals surface area contributed by atoms with Crippen molar-refractivity contribution in [1.82, 2.24) is 25.2 Å². The molecule has 164 valence electrons. The Balaban J connectivity index is 1.15. The number of pyridine rings is 3. The second-order valence-corrected chi connectivity index (χ2v) is 9.12. The summed E-state index contributed by atoms with van der Waals surface area (Å²) in [5.41, 5.74) is 5.25. The van der Waals surface area contributed by atoms with Gasteiger partial charge in [-0.05, 0) is 55.0 Å². The zero-order valence-corrected chi connectivity index (χ0v) is 18.0. The largest absolute Gasteiger partial charge is 0.364 e. The molecule has 0 spiro atoms. The summed E-state index contributed by atoms with van der Waals surface area (Å²) in [6.45, 7) is 2.70. The van der Waals surface area contributed by atoms with Crippen LogP contribution < -0.4 is 15.8 Å². The Bertz CT molecular complexity index is 1250. The topological polar surface area (TPSA) is 94.2 Å². The first-order chi connectivity index (χ1) is 15.6. The summed E-state index contributed by atoms with van der Waals surface area (Å²) in [6, 6.07) is 8.80. The van der Waals surface area contributed by atoms with Gasteiger partial charge in [0.1, 0.15) is 5.69 Å². The first-order valence-corrected chi connectivity index (χ1v) is 11.3. The number of nitrogens with one attached hydrogen (secondary N) is 2.